The largest absolute Gasteiger partial charge is 0.382 e. The minimum atomic E-state index is -0.0338. The Bertz CT molecular complexity index is 547. The average Bonchev–Trinajstić information content (AvgIpc) is 2.58. The lowest BCUT2D eigenvalue weighted by Crippen LogP contribution is -2.40. The van der Waals surface area contributed by atoms with Gasteiger partial charge >= 0.3 is 0 Å². The SMILES string of the molecule is CCOCCCNC(=NCC(=O)N(C)C)N(C)Cc1ccc(Cl)cc1. The van der Waals surface area contributed by atoms with Gasteiger partial charge < -0.3 is 19.9 Å². The van der Waals surface area contributed by atoms with E-state index in [1.54, 1.807) is 14.1 Å². The second-order valence-electron chi connectivity index (χ2n) is 5.89. The summed E-state index contributed by atoms with van der Waals surface area (Å²) in [6, 6.07) is 7.70. The Morgan fingerprint density at radius 1 is 1.24 bits per heavy atom. The van der Waals surface area contributed by atoms with Gasteiger partial charge in [-0.05, 0) is 31.0 Å². The third-order valence-corrected chi connectivity index (χ3v) is 3.76. The maximum atomic E-state index is 11.8. The van der Waals surface area contributed by atoms with Crippen molar-refractivity contribution in [3.63, 3.8) is 0 Å². The van der Waals surface area contributed by atoms with Gasteiger partial charge in [0.1, 0.15) is 6.54 Å². The number of hydrogen-bond donors (Lipinski definition) is 1. The minimum absolute atomic E-state index is 0.0338. The van der Waals surface area contributed by atoms with Gasteiger partial charge in [0.15, 0.2) is 5.96 Å². The van der Waals surface area contributed by atoms with Crippen LogP contribution in [0.3, 0.4) is 0 Å². The number of hydrogen-bond acceptors (Lipinski definition) is 3. The van der Waals surface area contributed by atoms with E-state index in [4.69, 9.17) is 16.3 Å². The van der Waals surface area contributed by atoms with E-state index in [2.05, 4.69) is 10.3 Å². The zero-order valence-corrected chi connectivity index (χ0v) is 16.3. The van der Waals surface area contributed by atoms with Gasteiger partial charge in [-0.1, -0.05) is 23.7 Å². The van der Waals surface area contributed by atoms with Crippen LogP contribution in [0.15, 0.2) is 29.3 Å². The molecular formula is C18H29ClN4O2. The van der Waals surface area contributed by atoms with Gasteiger partial charge in [-0.25, -0.2) is 4.99 Å². The summed E-state index contributed by atoms with van der Waals surface area (Å²) in [5.41, 5.74) is 1.12. The normalized spacial score (nSPS) is 11.3. The van der Waals surface area contributed by atoms with Crippen LogP contribution < -0.4 is 5.32 Å². The van der Waals surface area contributed by atoms with Crippen molar-refractivity contribution in [2.45, 2.75) is 19.9 Å². The van der Waals surface area contributed by atoms with Gasteiger partial charge in [0.25, 0.3) is 0 Å². The van der Waals surface area contributed by atoms with E-state index in [0.29, 0.717) is 24.1 Å². The maximum Gasteiger partial charge on any atom is 0.243 e. The number of nitrogens with one attached hydrogen (secondary N) is 1. The first kappa shape index (κ1) is 21.3. The highest BCUT2D eigenvalue weighted by molar-refractivity contribution is 6.30. The predicted octanol–water partition coefficient (Wildman–Crippen LogP) is 2.23. The number of likely N-dealkylation sites (N-methyl/N-ethyl adjacent to an activating group) is 1. The van der Waals surface area contributed by atoms with E-state index < -0.39 is 0 Å². The molecule has 1 aromatic rings. The zero-order chi connectivity index (χ0) is 18.7. The molecule has 1 aromatic carbocycles. The van der Waals surface area contributed by atoms with Crippen LogP contribution >= 0.6 is 11.6 Å². The molecule has 1 amide bonds. The van der Waals surface area contributed by atoms with Crippen LogP contribution in [0.5, 0.6) is 0 Å². The number of rotatable bonds is 9. The van der Waals surface area contributed by atoms with E-state index in [9.17, 15) is 4.79 Å². The summed E-state index contributed by atoms with van der Waals surface area (Å²) in [4.78, 5) is 19.8. The number of aliphatic imine (C=N–C) groups is 1. The smallest absolute Gasteiger partial charge is 0.243 e. The number of carbonyl (C=O) groups excluding carboxylic acids is 1. The highest BCUT2D eigenvalue weighted by atomic mass is 35.5. The Morgan fingerprint density at radius 2 is 1.92 bits per heavy atom. The lowest BCUT2D eigenvalue weighted by Gasteiger charge is -2.23. The van der Waals surface area contributed by atoms with E-state index in [1.165, 1.54) is 4.90 Å². The number of carbonyl (C=O) groups is 1. The second kappa shape index (κ2) is 11.7. The molecule has 0 saturated heterocycles. The van der Waals surface area contributed by atoms with Crippen molar-refractivity contribution in [3.8, 4) is 0 Å². The molecule has 6 nitrogen and oxygen atoms in total. The number of benzene rings is 1. The molecule has 0 saturated carbocycles. The van der Waals surface area contributed by atoms with E-state index in [1.807, 2.05) is 43.1 Å². The van der Waals surface area contributed by atoms with Gasteiger partial charge in [0.2, 0.25) is 5.91 Å². The number of nitrogens with zero attached hydrogens (tertiary/aromatic N) is 3. The fourth-order valence-corrected chi connectivity index (χ4v) is 2.18. The van der Waals surface area contributed by atoms with Crippen molar-refractivity contribution in [1.29, 1.82) is 0 Å². The molecular weight excluding hydrogens is 340 g/mol. The van der Waals surface area contributed by atoms with Crippen LogP contribution in [-0.4, -0.2) is 69.1 Å². The fourth-order valence-electron chi connectivity index (χ4n) is 2.05. The van der Waals surface area contributed by atoms with Crippen molar-refractivity contribution in [2.75, 3.05) is 47.4 Å². The average molecular weight is 369 g/mol. The van der Waals surface area contributed by atoms with Gasteiger partial charge in [0.05, 0.1) is 0 Å². The second-order valence-corrected chi connectivity index (χ2v) is 6.32. The zero-order valence-electron chi connectivity index (χ0n) is 15.6. The third-order valence-electron chi connectivity index (χ3n) is 3.51. The molecule has 1 rings (SSSR count). The van der Waals surface area contributed by atoms with Crippen LogP contribution in [0, 0.1) is 0 Å². The molecule has 0 unspecified atom stereocenters. The molecule has 0 aliphatic carbocycles. The Morgan fingerprint density at radius 3 is 2.52 bits per heavy atom. The first-order chi connectivity index (χ1) is 11.9. The molecule has 0 heterocycles. The summed E-state index contributed by atoms with van der Waals surface area (Å²) in [6.45, 7) is 4.92. The van der Waals surface area contributed by atoms with Crippen LogP contribution in [0.2, 0.25) is 5.02 Å². The molecule has 0 aromatic heterocycles. The van der Waals surface area contributed by atoms with E-state index in [0.717, 1.165) is 25.1 Å². The molecule has 140 valence electrons. The molecule has 0 radical (unpaired) electrons. The molecule has 7 heteroatoms. The predicted molar refractivity (Wildman–Crippen MR) is 103 cm³/mol. The number of halogens is 1. The van der Waals surface area contributed by atoms with Gasteiger partial charge in [-0.15, -0.1) is 0 Å². The number of ether oxygens (including phenoxy) is 1. The standard InChI is InChI=1S/C18H29ClN4O2/c1-5-25-12-6-11-20-18(21-13-17(24)22(2)3)23(4)14-15-7-9-16(19)10-8-15/h7-10H,5-6,11-14H2,1-4H3,(H,20,21). The first-order valence-electron chi connectivity index (χ1n) is 8.45. The molecule has 0 atom stereocenters. The summed E-state index contributed by atoms with van der Waals surface area (Å²) in [7, 11) is 5.40. The minimum Gasteiger partial charge on any atom is -0.382 e. The highest BCUT2D eigenvalue weighted by Crippen LogP contribution is 2.11. The van der Waals surface area contributed by atoms with Crippen molar-refractivity contribution < 1.29 is 9.53 Å². The lowest BCUT2D eigenvalue weighted by molar-refractivity contribution is -0.127. The maximum absolute atomic E-state index is 11.8. The van der Waals surface area contributed by atoms with Gasteiger partial charge in [-0.2, -0.15) is 0 Å². The third kappa shape index (κ3) is 8.74. The molecule has 25 heavy (non-hydrogen) atoms. The van der Waals surface area contributed by atoms with Gasteiger partial charge in [-0.3, -0.25) is 4.79 Å². The van der Waals surface area contributed by atoms with Gasteiger partial charge in [0, 0.05) is 52.5 Å². The fraction of sp³-hybridized carbons (Fsp3) is 0.556. The topological polar surface area (TPSA) is 57.2 Å². The van der Waals surface area contributed by atoms with E-state index >= 15 is 0 Å². The van der Waals surface area contributed by atoms with Crippen molar-refractivity contribution in [3.05, 3.63) is 34.9 Å². The Kier molecular flexibility index (Phi) is 9.96. The van der Waals surface area contributed by atoms with Crippen LogP contribution in [0.1, 0.15) is 18.9 Å². The summed E-state index contributed by atoms with van der Waals surface area (Å²) in [5.74, 6) is 0.662. The van der Waals surface area contributed by atoms with Crippen molar-refractivity contribution in [1.82, 2.24) is 15.1 Å². The van der Waals surface area contributed by atoms with Crippen molar-refractivity contribution in [2.24, 2.45) is 4.99 Å². The monoisotopic (exact) mass is 368 g/mol. The Balaban J connectivity index is 2.68. The van der Waals surface area contributed by atoms with E-state index in [-0.39, 0.29) is 12.5 Å². The molecule has 0 spiro atoms. The first-order valence-corrected chi connectivity index (χ1v) is 8.83. The molecule has 1 N–H and O–H groups in total. The molecule has 0 aliphatic rings. The molecule has 0 fully saturated rings. The molecule has 0 aliphatic heterocycles. The number of amides is 1. The van der Waals surface area contributed by atoms with Crippen molar-refractivity contribution >= 4 is 23.5 Å². The number of guanidine groups is 1. The lowest BCUT2D eigenvalue weighted by atomic mass is 10.2. The summed E-state index contributed by atoms with van der Waals surface area (Å²) >= 11 is 5.93. The summed E-state index contributed by atoms with van der Waals surface area (Å²) in [6.07, 6.45) is 0.878. The summed E-state index contributed by atoms with van der Waals surface area (Å²) in [5, 5.41) is 4.02. The Hall–Kier alpha value is -1.79. The van der Waals surface area contributed by atoms with Crippen LogP contribution in [-0.2, 0) is 16.1 Å². The van der Waals surface area contributed by atoms with Crippen LogP contribution in [0.25, 0.3) is 0 Å². The quantitative estimate of drug-likeness (QED) is 0.412. The molecule has 0 bridgehead atoms. The summed E-state index contributed by atoms with van der Waals surface area (Å²) < 4.78 is 5.35. The highest BCUT2D eigenvalue weighted by Gasteiger charge is 2.09. The Labute approximate surface area is 155 Å². The van der Waals surface area contributed by atoms with Crippen LogP contribution in [0.4, 0.5) is 0 Å².